The quantitative estimate of drug-likeness (QED) is 0.302. The summed E-state index contributed by atoms with van der Waals surface area (Å²) in [4.78, 5) is 55.5. The van der Waals surface area contributed by atoms with E-state index in [0.717, 1.165) is 16.0 Å². The first-order valence-corrected chi connectivity index (χ1v) is 13.8. The molecule has 0 bridgehead atoms. The molecule has 42 heavy (non-hydrogen) atoms. The van der Waals surface area contributed by atoms with E-state index in [1.807, 2.05) is 77.7 Å². The fraction of sp³-hybridized carbons (Fsp3) is 0.152. The molecule has 2 saturated heterocycles. The summed E-state index contributed by atoms with van der Waals surface area (Å²) in [6, 6.07) is 33.1. The third kappa shape index (κ3) is 4.45. The van der Waals surface area contributed by atoms with Crippen LogP contribution in [-0.2, 0) is 27.5 Å². The number of nitrogens with one attached hydrogen (secondary N) is 1. The van der Waals surface area contributed by atoms with Crippen molar-refractivity contribution in [3.8, 4) is 0 Å². The van der Waals surface area contributed by atoms with Crippen molar-refractivity contribution in [1.29, 1.82) is 0 Å². The molecule has 0 spiro atoms. The van der Waals surface area contributed by atoms with Crippen molar-refractivity contribution in [3.63, 3.8) is 0 Å². The van der Waals surface area contributed by atoms with Gasteiger partial charge in [0.2, 0.25) is 5.91 Å². The van der Waals surface area contributed by atoms with E-state index in [1.165, 1.54) is 4.40 Å². The van der Waals surface area contributed by atoms with Crippen molar-refractivity contribution >= 4 is 29.0 Å². The van der Waals surface area contributed by atoms with Crippen molar-refractivity contribution in [2.75, 3.05) is 9.80 Å². The van der Waals surface area contributed by atoms with Crippen molar-refractivity contribution < 1.29 is 14.4 Å². The number of aromatic nitrogens is 2. The largest absolute Gasteiger partial charge is 0.347 e. The lowest BCUT2D eigenvalue weighted by molar-refractivity contribution is -0.128. The first-order valence-electron chi connectivity index (χ1n) is 13.8. The number of pyridine rings is 1. The van der Waals surface area contributed by atoms with E-state index >= 15 is 0 Å². The standard InChI is InChI=1S/C33H27N5O4/c39-31-27(28-26-29(42-35-28)33(41)38(32(26)40)24-16-8-3-9-17-24)30(34-25-18-10-11-19-37(25)31)36(20-22-12-4-1-5-13-22)21-23-14-6-2-7-15-23/h1-19,26,28-29,35H,20-21H2/t26-,28-,29+/m0/s1. The number of carbonyl (C=O) groups is 2. The predicted molar refractivity (Wildman–Crippen MR) is 157 cm³/mol. The molecule has 2 fully saturated rings. The van der Waals surface area contributed by atoms with Crippen LogP contribution in [0.5, 0.6) is 0 Å². The molecule has 3 atom stereocenters. The van der Waals surface area contributed by atoms with E-state index in [9.17, 15) is 14.4 Å². The summed E-state index contributed by atoms with van der Waals surface area (Å²) >= 11 is 0. The lowest BCUT2D eigenvalue weighted by Crippen LogP contribution is -2.38. The van der Waals surface area contributed by atoms with E-state index in [0.29, 0.717) is 30.2 Å². The van der Waals surface area contributed by atoms with Gasteiger partial charge in [-0.05, 0) is 35.4 Å². The molecule has 1 N–H and O–H groups in total. The van der Waals surface area contributed by atoms with Crippen LogP contribution in [0.4, 0.5) is 11.5 Å². The van der Waals surface area contributed by atoms with Gasteiger partial charge in [-0.1, -0.05) is 84.9 Å². The highest BCUT2D eigenvalue weighted by Gasteiger charge is 2.58. The molecule has 2 aliphatic heterocycles. The first kappa shape index (κ1) is 25.8. The highest BCUT2D eigenvalue weighted by atomic mass is 16.7. The zero-order valence-electron chi connectivity index (χ0n) is 22.5. The fourth-order valence-corrected chi connectivity index (χ4v) is 5.82. The molecule has 9 nitrogen and oxygen atoms in total. The Kier molecular flexibility index (Phi) is 6.58. The second-order valence-corrected chi connectivity index (χ2v) is 10.4. The van der Waals surface area contributed by atoms with Gasteiger partial charge in [-0.3, -0.25) is 23.6 Å². The minimum absolute atomic E-state index is 0.272. The van der Waals surface area contributed by atoms with Gasteiger partial charge in [0, 0.05) is 19.3 Å². The Hall–Kier alpha value is -5.12. The molecule has 4 heterocycles. The van der Waals surface area contributed by atoms with Crippen LogP contribution in [-0.4, -0.2) is 27.3 Å². The third-order valence-corrected chi connectivity index (χ3v) is 7.78. The number of hydrogen-bond acceptors (Lipinski definition) is 7. The van der Waals surface area contributed by atoms with Gasteiger partial charge < -0.3 is 4.90 Å². The number of amides is 2. The molecule has 0 radical (unpaired) electrons. The van der Waals surface area contributed by atoms with Gasteiger partial charge in [0.1, 0.15) is 11.5 Å². The van der Waals surface area contributed by atoms with Gasteiger partial charge >= 0.3 is 0 Å². The minimum Gasteiger partial charge on any atom is -0.347 e. The summed E-state index contributed by atoms with van der Waals surface area (Å²) in [5.41, 5.74) is 5.83. The number of nitrogens with zero attached hydrogens (tertiary/aromatic N) is 4. The Morgan fingerprint density at radius 3 is 1.98 bits per heavy atom. The van der Waals surface area contributed by atoms with E-state index in [-0.39, 0.29) is 11.1 Å². The third-order valence-electron chi connectivity index (χ3n) is 7.78. The average Bonchev–Trinajstić information content (AvgIpc) is 3.57. The summed E-state index contributed by atoms with van der Waals surface area (Å²) in [6.45, 7) is 0.922. The first-order chi connectivity index (χ1) is 20.6. The van der Waals surface area contributed by atoms with Gasteiger partial charge in [-0.15, -0.1) is 0 Å². The van der Waals surface area contributed by atoms with Crippen molar-refractivity contribution in [1.82, 2.24) is 14.9 Å². The van der Waals surface area contributed by atoms with Crippen LogP contribution in [0.3, 0.4) is 0 Å². The second-order valence-electron chi connectivity index (χ2n) is 10.4. The summed E-state index contributed by atoms with van der Waals surface area (Å²) in [5, 5.41) is 0. The highest BCUT2D eigenvalue weighted by molar-refractivity contribution is 6.23. The summed E-state index contributed by atoms with van der Waals surface area (Å²) in [5.74, 6) is -1.40. The fourth-order valence-electron chi connectivity index (χ4n) is 5.82. The van der Waals surface area contributed by atoms with Crippen LogP contribution in [0.25, 0.3) is 5.65 Å². The number of carbonyl (C=O) groups excluding carboxylic acids is 2. The van der Waals surface area contributed by atoms with Gasteiger partial charge in [-0.2, -0.15) is 5.48 Å². The van der Waals surface area contributed by atoms with Crippen LogP contribution in [0.2, 0.25) is 0 Å². The Balaban J connectivity index is 1.38. The van der Waals surface area contributed by atoms with Crippen LogP contribution >= 0.6 is 0 Å². The topological polar surface area (TPSA) is 96.2 Å². The van der Waals surface area contributed by atoms with Gasteiger partial charge in [0.25, 0.3) is 11.5 Å². The molecule has 0 saturated carbocycles. The molecule has 2 aliphatic rings. The van der Waals surface area contributed by atoms with E-state index in [4.69, 9.17) is 9.82 Å². The molecule has 3 aromatic carbocycles. The Labute approximate surface area is 241 Å². The van der Waals surface area contributed by atoms with Crippen LogP contribution < -0.4 is 20.8 Å². The lowest BCUT2D eigenvalue weighted by Gasteiger charge is -2.29. The Morgan fingerprint density at radius 1 is 0.738 bits per heavy atom. The number of rotatable bonds is 7. The van der Waals surface area contributed by atoms with E-state index in [2.05, 4.69) is 5.48 Å². The zero-order valence-corrected chi connectivity index (χ0v) is 22.5. The number of para-hydroxylation sites is 1. The maximum atomic E-state index is 14.3. The highest BCUT2D eigenvalue weighted by Crippen LogP contribution is 2.42. The Morgan fingerprint density at radius 2 is 1.33 bits per heavy atom. The zero-order chi connectivity index (χ0) is 28.6. The van der Waals surface area contributed by atoms with Gasteiger partial charge in [0.15, 0.2) is 6.10 Å². The van der Waals surface area contributed by atoms with Gasteiger partial charge in [0.05, 0.1) is 23.2 Å². The molecule has 5 aromatic rings. The number of anilines is 2. The monoisotopic (exact) mass is 557 g/mol. The van der Waals surface area contributed by atoms with E-state index < -0.39 is 29.9 Å². The average molecular weight is 558 g/mol. The molecule has 2 amide bonds. The molecule has 208 valence electrons. The molecule has 2 aromatic heterocycles. The normalized spacial score (nSPS) is 19.8. The molecular formula is C33H27N5O4. The van der Waals surface area contributed by atoms with Gasteiger partial charge in [-0.25, -0.2) is 9.88 Å². The maximum absolute atomic E-state index is 14.3. The molecule has 0 aliphatic carbocycles. The van der Waals surface area contributed by atoms with Crippen molar-refractivity contribution in [2.24, 2.45) is 5.92 Å². The van der Waals surface area contributed by atoms with Crippen LogP contribution in [0, 0.1) is 5.92 Å². The predicted octanol–water partition coefficient (Wildman–Crippen LogP) is 4.04. The number of fused-ring (bicyclic) bond motifs is 2. The summed E-state index contributed by atoms with van der Waals surface area (Å²) in [7, 11) is 0. The number of imide groups is 1. The summed E-state index contributed by atoms with van der Waals surface area (Å²) < 4.78 is 1.47. The summed E-state index contributed by atoms with van der Waals surface area (Å²) in [6.07, 6.45) is 0.588. The molecular weight excluding hydrogens is 530 g/mol. The number of benzene rings is 3. The molecule has 9 heteroatoms. The number of hydrogen-bond donors (Lipinski definition) is 1. The van der Waals surface area contributed by atoms with Crippen molar-refractivity contribution in [2.45, 2.75) is 25.2 Å². The van der Waals surface area contributed by atoms with Crippen LogP contribution in [0.15, 0.2) is 120 Å². The van der Waals surface area contributed by atoms with Crippen LogP contribution in [0.1, 0.15) is 22.7 Å². The molecule has 0 unspecified atom stereocenters. The SMILES string of the molecule is O=C1[C@H]2[C@@H](c3c(N(Cc4ccccc4)Cc4ccccc4)nc4ccccn4c3=O)NO[C@H]2C(=O)N1c1ccccc1. The Bertz CT molecular complexity index is 1790. The maximum Gasteiger partial charge on any atom is 0.265 e. The minimum atomic E-state index is -1.07. The smallest absolute Gasteiger partial charge is 0.265 e. The molecule has 7 rings (SSSR count). The lowest BCUT2D eigenvalue weighted by atomic mass is 9.92. The van der Waals surface area contributed by atoms with Crippen molar-refractivity contribution in [3.05, 3.63) is 142 Å². The number of hydroxylamine groups is 1. The second kappa shape index (κ2) is 10.7. The van der Waals surface area contributed by atoms with E-state index in [1.54, 1.807) is 42.6 Å².